The Bertz CT molecular complexity index is 346. The van der Waals surface area contributed by atoms with Crippen molar-refractivity contribution in [2.45, 2.75) is 59.1 Å². The van der Waals surface area contributed by atoms with Gasteiger partial charge in [-0.1, -0.05) is 39.3 Å². The van der Waals surface area contributed by atoms with Gasteiger partial charge in [-0.25, -0.2) is 0 Å². The maximum absolute atomic E-state index is 5.41. The van der Waals surface area contributed by atoms with Crippen molar-refractivity contribution in [1.82, 2.24) is 15.5 Å². The summed E-state index contributed by atoms with van der Waals surface area (Å²) in [7, 11) is 1.68. The average molecular weight is 269 g/mol. The molecule has 0 saturated carbocycles. The van der Waals surface area contributed by atoms with E-state index in [0.29, 0.717) is 23.7 Å². The van der Waals surface area contributed by atoms with Gasteiger partial charge in [0.15, 0.2) is 0 Å². The molecule has 110 valence electrons. The molecule has 0 saturated heterocycles. The van der Waals surface area contributed by atoms with Crippen LogP contribution in [0.2, 0.25) is 0 Å². The number of rotatable bonds is 9. The Morgan fingerprint density at radius 3 is 2.58 bits per heavy atom. The maximum atomic E-state index is 5.41. The van der Waals surface area contributed by atoms with E-state index in [1.54, 1.807) is 7.11 Å². The normalized spacial score (nSPS) is 14.8. The standard InChI is InChI=1S/C14H27N3O2/c1-6-8-11(15-7-2)9-12-16-14(17-19-12)13(18-5)10(3)4/h10-11,13,15H,6-9H2,1-5H3. The van der Waals surface area contributed by atoms with Crippen LogP contribution in [-0.4, -0.2) is 29.8 Å². The highest BCUT2D eigenvalue weighted by molar-refractivity contribution is 4.94. The molecule has 19 heavy (non-hydrogen) atoms. The van der Waals surface area contributed by atoms with E-state index >= 15 is 0 Å². The first-order valence-electron chi connectivity index (χ1n) is 7.20. The molecule has 2 unspecified atom stereocenters. The summed E-state index contributed by atoms with van der Waals surface area (Å²) in [5.74, 6) is 1.67. The van der Waals surface area contributed by atoms with Gasteiger partial charge in [0.25, 0.3) is 0 Å². The summed E-state index contributed by atoms with van der Waals surface area (Å²) in [5.41, 5.74) is 0. The number of aromatic nitrogens is 2. The van der Waals surface area contributed by atoms with Crippen LogP contribution >= 0.6 is 0 Å². The van der Waals surface area contributed by atoms with Crippen LogP contribution in [0.15, 0.2) is 4.52 Å². The Kier molecular flexibility index (Phi) is 7.02. The van der Waals surface area contributed by atoms with Crippen LogP contribution in [0, 0.1) is 5.92 Å². The van der Waals surface area contributed by atoms with Gasteiger partial charge >= 0.3 is 0 Å². The predicted octanol–water partition coefficient (Wildman–Crippen LogP) is 2.73. The molecule has 0 fully saturated rings. The SMILES string of the molecule is CCCC(Cc1nc(C(OC)C(C)C)no1)NCC. The van der Waals surface area contributed by atoms with E-state index in [9.17, 15) is 0 Å². The highest BCUT2D eigenvalue weighted by Crippen LogP contribution is 2.22. The van der Waals surface area contributed by atoms with E-state index in [2.05, 4.69) is 43.2 Å². The van der Waals surface area contributed by atoms with Gasteiger partial charge < -0.3 is 14.6 Å². The maximum Gasteiger partial charge on any atom is 0.228 e. The van der Waals surface area contributed by atoms with Crippen LogP contribution in [0.25, 0.3) is 0 Å². The summed E-state index contributed by atoms with van der Waals surface area (Å²) >= 11 is 0. The molecular weight excluding hydrogens is 242 g/mol. The first kappa shape index (κ1) is 16.1. The van der Waals surface area contributed by atoms with Crippen molar-refractivity contribution in [3.05, 3.63) is 11.7 Å². The van der Waals surface area contributed by atoms with Crippen LogP contribution < -0.4 is 5.32 Å². The van der Waals surface area contributed by atoms with E-state index in [1.165, 1.54) is 0 Å². The molecule has 2 atom stereocenters. The van der Waals surface area contributed by atoms with Crippen LogP contribution in [0.4, 0.5) is 0 Å². The summed E-state index contributed by atoms with van der Waals surface area (Å²) in [6.07, 6.45) is 2.94. The molecule has 0 radical (unpaired) electrons. The third kappa shape index (κ3) is 4.91. The van der Waals surface area contributed by atoms with E-state index < -0.39 is 0 Å². The fraction of sp³-hybridized carbons (Fsp3) is 0.857. The zero-order valence-electron chi connectivity index (χ0n) is 12.8. The molecule has 5 heteroatoms. The minimum absolute atomic E-state index is 0.0961. The predicted molar refractivity (Wildman–Crippen MR) is 75.0 cm³/mol. The topological polar surface area (TPSA) is 60.2 Å². The molecule has 1 N–H and O–H groups in total. The molecule has 0 amide bonds. The second-order valence-electron chi connectivity index (χ2n) is 5.19. The lowest BCUT2D eigenvalue weighted by Crippen LogP contribution is -2.30. The fourth-order valence-electron chi connectivity index (χ4n) is 2.27. The lowest BCUT2D eigenvalue weighted by atomic mass is 10.1. The summed E-state index contributed by atoms with van der Waals surface area (Å²) in [6.45, 7) is 9.43. The molecule has 1 aromatic rings. The summed E-state index contributed by atoms with van der Waals surface area (Å²) in [5, 5.41) is 7.49. The van der Waals surface area contributed by atoms with Crippen LogP contribution in [0.1, 0.15) is 58.4 Å². The number of ether oxygens (including phenoxy) is 1. The van der Waals surface area contributed by atoms with Gasteiger partial charge in [0, 0.05) is 19.6 Å². The number of likely N-dealkylation sites (N-methyl/N-ethyl adjacent to an activating group) is 1. The van der Waals surface area contributed by atoms with Crippen molar-refractivity contribution < 1.29 is 9.26 Å². The molecular formula is C14H27N3O2. The second-order valence-corrected chi connectivity index (χ2v) is 5.19. The lowest BCUT2D eigenvalue weighted by Gasteiger charge is -2.15. The minimum Gasteiger partial charge on any atom is -0.373 e. The first-order chi connectivity index (χ1) is 9.12. The van der Waals surface area contributed by atoms with Crippen LogP contribution in [0.3, 0.4) is 0 Å². The van der Waals surface area contributed by atoms with Gasteiger partial charge in [-0.05, 0) is 18.9 Å². The second kappa shape index (κ2) is 8.27. The molecule has 1 heterocycles. The largest absolute Gasteiger partial charge is 0.373 e. The lowest BCUT2D eigenvalue weighted by molar-refractivity contribution is 0.0555. The number of hydrogen-bond donors (Lipinski definition) is 1. The Hall–Kier alpha value is -0.940. The molecule has 0 aliphatic carbocycles. The van der Waals surface area contributed by atoms with Crippen molar-refractivity contribution in [1.29, 1.82) is 0 Å². The summed E-state index contributed by atoms with van der Waals surface area (Å²) in [4.78, 5) is 4.46. The van der Waals surface area contributed by atoms with E-state index in [-0.39, 0.29) is 6.10 Å². The number of nitrogens with zero attached hydrogens (tertiary/aromatic N) is 2. The van der Waals surface area contributed by atoms with Crippen LogP contribution in [-0.2, 0) is 11.2 Å². The zero-order chi connectivity index (χ0) is 14.3. The number of methoxy groups -OCH3 is 1. The Labute approximate surface area is 116 Å². The molecule has 1 rings (SSSR count). The Balaban J connectivity index is 2.67. The van der Waals surface area contributed by atoms with Gasteiger partial charge in [0.1, 0.15) is 6.10 Å². The third-order valence-corrected chi connectivity index (χ3v) is 3.15. The van der Waals surface area contributed by atoms with E-state index in [4.69, 9.17) is 9.26 Å². The van der Waals surface area contributed by atoms with Crippen molar-refractivity contribution in [2.24, 2.45) is 5.92 Å². The fourth-order valence-corrected chi connectivity index (χ4v) is 2.27. The van der Waals surface area contributed by atoms with Crippen molar-refractivity contribution in [3.63, 3.8) is 0 Å². The monoisotopic (exact) mass is 269 g/mol. The van der Waals surface area contributed by atoms with Gasteiger partial charge in [0.05, 0.1) is 0 Å². The molecule has 5 nitrogen and oxygen atoms in total. The number of nitrogens with one attached hydrogen (secondary N) is 1. The highest BCUT2D eigenvalue weighted by atomic mass is 16.5. The van der Waals surface area contributed by atoms with Gasteiger partial charge in [-0.3, -0.25) is 0 Å². The Morgan fingerprint density at radius 1 is 1.32 bits per heavy atom. The van der Waals surface area contributed by atoms with E-state index in [1.807, 2.05) is 0 Å². The molecule has 0 spiro atoms. The molecule has 0 bridgehead atoms. The summed E-state index contributed by atoms with van der Waals surface area (Å²) < 4.78 is 10.8. The Morgan fingerprint density at radius 2 is 2.05 bits per heavy atom. The van der Waals surface area contributed by atoms with Crippen LogP contribution in [0.5, 0.6) is 0 Å². The van der Waals surface area contributed by atoms with Crippen molar-refractivity contribution in [3.8, 4) is 0 Å². The zero-order valence-corrected chi connectivity index (χ0v) is 12.8. The molecule has 0 aliphatic heterocycles. The average Bonchev–Trinajstić information content (AvgIpc) is 2.78. The highest BCUT2D eigenvalue weighted by Gasteiger charge is 2.22. The number of hydrogen-bond acceptors (Lipinski definition) is 5. The van der Waals surface area contributed by atoms with E-state index in [0.717, 1.165) is 25.8 Å². The quantitative estimate of drug-likeness (QED) is 0.747. The van der Waals surface area contributed by atoms with Crippen molar-refractivity contribution in [2.75, 3.05) is 13.7 Å². The van der Waals surface area contributed by atoms with Crippen molar-refractivity contribution >= 4 is 0 Å². The molecule has 0 aliphatic rings. The molecule has 0 aromatic carbocycles. The molecule has 1 aromatic heterocycles. The van der Waals surface area contributed by atoms with Gasteiger partial charge in [0.2, 0.25) is 11.7 Å². The minimum atomic E-state index is -0.0961. The smallest absolute Gasteiger partial charge is 0.228 e. The summed E-state index contributed by atoms with van der Waals surface area (Å²) in [6, 6.07) is 0.406. The van der Waals surface area contributed by atoms with Gasteiger partial charge in [-0.2, -0.15) is 4.98 Å². The third-order valence-electron chi connectivity index (χ3n) is 3.15. The first-order valence-corrected chi connectivity index (χ1v) is 7.20. The van der Waals surface area contributed by atoms with Gasteiger partial charge in [-0.15, -0.1) is 0 Å².